The van der Waals surface area contributed by atoms with Gasteiger partial charge in [0.15, 0.2) is 5.82 Å². The zero-order valence-corrected chi connectivity index (χ0v) is 14.6. The van der Waals surface area contributed by atoms with Crippen LogP contribution in [-0.2, 0) is 19.7 Å². The second-order valence-electron chi connectivity index (χ2n) is 6.03. The lowest BCUT2D eigenvalue weighted by Crippen LogP contribution is -2.37. The smallest absolute Gasteiger partial charge is 0.171 e. The molecule has 0 bridgehead atoms. The molecule has 25 heavy (non-hydrogen) atoms. The zero-order valence-electron chi connectivity index (χ0n) is 13.8. The second-order valence-corrected chi connectivity index (χ2v) is 6.47. The summed E-state index contributed by atoms with van der Waals surface area (Å²) in [6.45, 7) is 5.07. The molecular formula is C17H18ClN5O2. The summed E-state index contributed by atoms with van der Waals surface area (Å²) < 4.78 is 13.0. The molecule has 0 saturated carbocycles. The predicted octanol–water partition coefficient (Wildman–Crippen LogP) is 3.08. The highest BCUT2D eigenvalue weighted by Gasteiger charge is 2.28. The number of hydrogen-bond donors (Lipinski definition) is 0. The number of hydrogen-bond acceptors (Lipinski definition) is 6. The Kier molecular flexibility index (Phi) is 4.42. The largest absolute Gasteiger partial charge is 0.484 e. The fourth-order valence-corrected chi connectivity index (χ4v) is 3.21. The van der Waals surface area contributed by atoms with E-state index in [4.69, 9.17) is 20.8 Å². The van der Waals surface area contributed by atoms with Gasteiger partial charge in [0.05, 0.1) is 29.8 Å². The third-order valence-electron chi connectivity index (χ3n) is 4.40. The molecule has 1 aliphatic heterocycles. The number of pyridine rings is 1. The summed E-state index contributed by atoms with van der Waals surface area (Å²) in [4.78, 5) is 6.38. The fraction of sp³-hybridized carbons (Fsp3) is 0.353. The van der Waals surface area contributed by atoms with E-state index in [1.54, 1.807) is 31.0 Å². The Morgan fingerprint density at radius 1 is 1.32 bits per heavy atom. The maximum atomic E-state index is 5.93. The molecule has 0 fully saturated rings. The molecule has 4 heterocycles. The molecule has 0 aromatic carbocycles. The van der Waals surface area contributed by atoms with E-state index in [1.807, 2.05) is 6.07 Å². The number of aromatic nitrogens is 4. The molecule has 0 aliphatic carbocycles. The molecule has 0 saturated heterocycles. The third kappa shape index (κ3) is 3.38. The molecule has 1 atom stereocenters. The van der Waals surface area contributed by atoms with E-state index in [2.05, 4.69) is 31.6 Å². The van der Waals surface area contributed by atoms with Gasteiger partial charge in [0, 0.05) is 37.5 Å². The van der Waals surface area contributed by atoms with Crippen molar-refractivity contribution in [1.82, 2.24) is 24.6 Å². The maximum absolute atomic E-state index is 5.93. The molecular weight excluding hydrogens is 342 g/mol. The molecule has 0 amide bonds. The number of rotatable bonds is 5. The first-order chi connectivity index (χ1) is 12.2. The van der Waals surface area contributed by atoms with Crippen molar-refractivity contribution in [3.63, 3.8) is 0 Å². The number of furan rings is 1. The van der Waals surface area contributed by atoms with Gasteiger partial charge >= 0.3 is 0 Å². The van der Waals surface area contributed by atoms with E-state index in [9.17, 15) is 0 Å². The normalized spacial score (nSPS) is 17.4. The van der Waals surface area contributed by atoms with E-state index < -0.39 is 0 Å². The van der Waals surface area contributed by atoms with Gasteiger partial charge in [-0.15, -0.1) is 10.2 Å². The summed E-state index contributed by atoms with van der Waals surface area (Å²) in [5.74, 6) is 2.39. The monoisotopic (exact) mass is 359 g/mol. The molecule has 7 nitrogen and oxygen atoms in total. The molecule has 130 valence electrons. The SMILES string of the molecule is C[C@@H]1c2nnc(COc3cncc(Cl)c3)n2CCN1Cc1ccoc1. The summed E-state index contributed by atoms with van der Waals surface area (Å²) in [5, 5.41) is 9.23. The Balaban J connectivity index is 1.46. The van der Waals surface area contributed by atoms with E-state index in [-0.39, 0.29) is 6.04 Å². The van der Waals surface area contributed by atoms with Crippen LogP contribution < -0.4 is 4.74 Å². The van der Waals surface area contributed by atoms with Crippen LogP contribution in [0.25, 0.3) is 0 Å². The lowest BCUT2D eigenvalue weighted by atomic mass is 10.2. The van der Waals surface area contributed by atoms with Crippen LogP contribution in [-0.4, -0.2) is 31.2 Å². The molecule has 8 heteroatoms. The van der Waals surface area contributed by atoms with Crippen molar-refractivity contribution in [2.24, 2.45) is 0 Å². The second kappa shape index (κ2) is 6.85. The molecule has 3 aromatic heterocycles. The van der Waals surface area contributed by atoms with Crippen molar-refractivity contribution < 1.29 is 9.15 Å². The minimum Gasteiger partial charge on any atom is -0.484 e. The Labute approximate surface area is 150 Å². The van der Waals surface area contributed by atoms with E-state index in [0.717, 1.165) is 36.8 Å². The number of ether oxygens (including phenoxy) is 1. The molecule has 0 N–H and O–H groups in total. The molecule has 1 aliphatic rings. The van der Waals surface area contributed by atoms with Crippen molar-refractivity contribution >= 4 is 11.6 Å². The standard InChI is InChI=1S/C17H18ClN5O2/c1-12-17-21-20-16(11-25-15-6-14(18)7-19-8-15)23(17)4-3-22(12)9-13-2-5-24-10-13/h2,5-8,10,12H,3-4,9,11H2,1H3/t12-/m1/s1. The first-order valence-electron chi connectivity index (χ1n) is 8.11. The first-order valence-corrected chi connectivity index (χ1v) is 8.49. The highest BCUT2D eigenvalue weighted by atomic mass is 35.5. The fourth-order valence-electron chi connectivity index (χ4n) is 3.05. The third-order valence-corrected chi connectivity index (χ3v) is 4.61. The average molecular weight is 360 g/mol. The van der Waals surface area contributed by atoms with Crippen LogP contribution in [0.4, 0.5) is 0 Å². The summed E-state index contributed by atoms with van der Waals surface area (Å²) >= 11 is 5.93. The summed E-state index contributed by atoms with van der Waals surface area (Å²) in [6, 6.07) is 3.90. The van der Waals surface area contributed by atoms with Gasteiger partial charge in [0.25, 0.3) is 0 Å². The van der Waals surface area contributed by atoms with Crippen molar-refractivity contribution in [3.05, 3.63) is 59.3 Å². The van der Waals surface area contributed by atoms with Crippen LogP contribution in [0.1, 0.15) is 30.2 Å². The van der Waals surface area contributed by atoms with Crippen LogP contribution in [0.15, 0.2) is 41.5 Å². The minimum atomic E-state index is 0.178. The van der Waals surface area contributed by atoms with Crippen LogP contribution in [0.5, 0.6) is 5.75 Å². The van der Waals surface area contributed by atoms with Crippen LogP contribution in [0.2, 0.25) is 5.02 Å². The maximum Gasteiger partial charge on any atom is 0.171 e. The van der Waals surface area contributed by atoms with Gasteiger partial charge in [-0.2, -0.15) is 0 Å². The van der Waals surface area contributed by atoms with Crippen molar-refractivity contribution in [2.75, 3.05) is 6.54 Å². The Hall–Kier alpha value is -2.38. The number of halogens is 1. The van der Waals surface area contributed by atoms with Crippen molar-refractivity contribution in [3.8, 4) is 5.75 Å². The van der Waals surface area contributed by atoms with E-state index in [0.29, 0.717) is 17.4 Å². The molecule has 0 unspecified atom stereocenters. The van der Waals surface area contributed by atoms with Crippen molar-refractivity contribution in [1.29, 1.82) is 0 Å². The Morgan fingerprint density at radius 3 is 3.04 bits per heavy atom. The molecule has 0 radical (unpaired) electrons. The summed E-state index contributed by atoms with van der Waals surface area (Å²) in [6.07, 6.45) is 6.69. The average Bonchev–Trinajstić information content (AvgIpc) is 3.26. The minimum absolute atomic E-state index is 0.178. The van der Waals surface area contributed by atoms with Crippen molar-refractivity contribution in [2.45, 2.75) is 32.7 Å². The lowest BCUT2D eigenvalue weighted by Gasteiger charge is -2.33. The summed E-state index contributed by atoms with van der Waals surface area (Å²) in [7, 11) is 0. The molecule has 0 spiro atoms. The van der Waals surface area contributed by atoms with Gasteiger partial charge in [-0.25, -0.2) is 0 Å². The van der Waals surface area contributed by atoms with Gasteiger partial charge in [0.2, 0.25) is 0 Å². The first kappa shape index (κ1) is 16.1. The van der Waals surface area contributed by atoms with Crippen LogP contribution in [0, 0.1) is 0 Å². The number of fused-ring (bicyclic) bond motifs is 1. The summed E-state index contributed by atoms with van der Waals surface area (Å²) in [5.41, 5.74) is 1.16. The van der Waals surface area contributed by atoms with E-state index >= 15 is 0 Å². The van der Waals surface area contributed by atoms with E-state index in [1.165, 1.54) is 0 Å². The highest BCUT2D eigenvalue weighted by Crippen LogP contribution is 2.26. The van der Waals surface area contributed by atoms with Gasteiger partial charge in [-0.3, -0.25) is 9.88 Å². The zero-order chi connectivity index (χ0) is 17.2. The van der Waals surface area contributed by atoms with Crippen LogP contribution >= 0.6 is 11.6 Å². The Morgan fingerprint density at radius 2 is 2.24 bits per heavy atom. The Bertz CT molecular complexity index is 849. The van der Waals surface area contributed by atoms with Gasteiger partial charge in [-0.1, -0.05) is 11.6 Å². The van der Waals surface area contributed by atoms with Gasteiger partial charge < -0.3 is 13.7 Å². The quantitative estimate of drug-likeness (QED) is 0.697. The highest BCUT2D eigenvalue weighted by molar-refractivity contribution is 6.30. The predicted molar refractivity (Wildman–Crippen MR) is 91.1 cm³/mol. The van der Waals surface area contributed by atoms with Gasteiger partial charge in [-0.05, 0) is 13.0 Å². The molecule has 3 aromatic rings. The van der Waals surface area contributed by atoms with Crippen LogP contribution in [0.3, 0.4) is 0 Å². The molecule has 4 rings (SSSR count). The van der Waals surface area contributed by atoms with Gasteiger partial charge in [0.1, 0.15) is 18.2 Å². The number of nitrogens with zero attached hydrogens (tertiary/aromatic N) is 5. The topological polar surface area (TPSA) is 69.2 Å². The lowest BCUT2D eigenvalue weighted by molar-refractivity contribution is 0.152.